The number of hydrogen-bond acceptors (Lipinski definition) is 5. The van der Waals surface area contributed by atoms with Crippen molar-refractivity contribution in [1.29, 1.82) is 0 Å². The summed E-state index contributed by atoms with van der Waals surface area (Å²) in [6.45, 7) is 2.39. The fourth-order valence-electron chi connectivity index (χ4n) is 2.87. The highest BCUT2D eigenvalue weighted by atomic mass is 16.5. The summed E-state index contributed by atoms with van der Waals surface area (Å²) in [5, 5.41) is 5.67. The molecule has 0 aliphatic carbocycles. The number of ether oxygens (including phenoxy) is 1. The molecule has 1 aromatic carbocycles. The first kappa shape index (κ1) is 18.9. The summed E-state index contributed by atoms with van der Waals surface area (Å²) in [6.07, 6.45) is 1.71. The first-order chi connectivity index (χ1) is 12.0. The Morgan fingerprint density at radius 2 is 2.04 bits per heavy atom. The molecule has 1 fully saturated rings. The minimum atomic E-state index is -0.528. The Kier molecular flexibility index (Phi) is 6.94. The van der Waals surface area contributed by atoms with Crippen molar-refractivity contribution in [2.24, 2.45) is 0 Å². The van der Waals surface area contributed by atoms with E-state index in [1.54, 1.807) is 4.90 Å². The van der Waals surface area contributed by atoms with Gasteiger partial charge in [0.2, 0.25) is 11.8 Å². The molecule has 1 aromatic rings. The highest BCUT2D eigenvalue weighted by Crippen LogP contribution is 2.22. The van der Waals surface area contributed by atoms with Gasteiger partial charge < -0.3 is 20.3 Å². The molecular formula is C18H25N3O4. The Labute approximate surface area is 147 Å². The summed E-state index contributed by atoms with van der Waals surface area (Å²) in [7, 11) is 1.26. The molecule has 25 heavy (non-hydrogen) atoms. The van der Waals surface area contributed by atoms with Gasteiger partial charge in [-0.2, -0.15) is 0 Å². The van der Waals surface area contributed by atoms with Gasteiger partial charge in [-0.25, -0.2) is 0 Å². The van der Waals surface area contributed by atoms with Gasteiger partial charge in [-0.05, 0) is 31.9 Å². The average Bonchev–Trinajstić information content (AvgIpc) is 3.18. The van der Waals surface area contributed by atoms with Crippen LogP contribution in [0.3, 0.4) is 0 Å². The maximum Gasteiger partial charge on any atom is 0.325 e. The summed E-state index contributed by atoms with van der Waals surface area (Å²) in [5.74, 6) is -1.01. The van der Waals surface area contributed by atoms with Gasteiger partial charge in [-0.3, -0.25) is 14.4 Å². The van der Waals surface area contributed by atoms with Gasteiger partial charge in [0.25, 0.3) is 0 Å². The lowest BCUT2D eigenvalue weighted by molar-refractivity contribution is -0.142. The Morgan fingerprint density at radius 1 is 1.32 bits per heavy atom. The first-order valence-corrected chi connectivity index (χ1v) is 8.45. The smallest absolute Gasteiger partial charge is 0.325 e. The lowest BCUT2D eigenvalue weighted by atomic mass is 10.1. The standard InChI is InChI=1S/C18H25N3O4/c1-13(14-7-4-3-5-8-14)21(18(24)15-9-6-10-19-15)12-16(22)20-11-17(23)25-2/h3-5,7-8,13,15,19H,6,9-12H2,1-2H3,(H,20,22)/t13-,15-/m0/s1. The fourth-order valence-corrected chi connectivity index (χ4v) is 2.87. The fraction of sp³-hybridized carbons (Fsp3) is 0.500. The molecular weight excluding hydrogens is 322 g/mol. The van der Waals surface area contributed by atoms with Gasteiger partial charge >= 0.3 is 5.97 Å². The van der Waals surface area contributed by atoms with E-state index in [1.165, 1.54) is 7.11 Å². The van der Waals surface area contributed by atoms with Gasteiger partial charge in [0.05, 0.1) is 19.2 Å². The zero-order chi connectivity index (χ0) is 18.2. The van der Waals surface area contributed by atoms with E-state index in [9.17, 15) is 14.4 Å². The van der Waals surface area contributed by atoms with Crippen LogP contribution in [0.4, 0.5) is 0 Å². The quantitative estimate of drug-likeness (QED) is 0.706. The molecule has 1 aliphatic rings. The van der Waals surface area contributed by atoms with Crippen molar-refractivity contribution in [3.8, 4) is 0 Å². The minimum Gasteiger partial charge on any atom is -0.468 e. The highest BCUT2D eigenvalue weighted by Gasteiger charge is 2.31. The zero-order valence-corrected chi connectivity index (χ0v) is 14.7. The van der Waals surface area contributed by atoms with Gasteiger partial charge in [0, 0.05) is 0 Å². The number of hydrogen-bond donors (Lipinski definition) is 2. The van der Waals surface area contributed by atoms with Crippen molar-refractivity contribution < 1.29 is 19.1 Å². The van der Waals surface area contributed by atoms with Crippen LogP contribution >= 0.6 is 0 Å². The number of nitrogens with zero attached hydrogens (tertiary/aromatic N) is 1. The van der Waals surface area contributed by atoms with E-state index < -0.39 is 5.97 Å². The average molecular weight is 347 g/mol. The van der Waals surface area contributed by atoms with Crippen LogP contribution in [0, 0.1) is 0 Å². The Balaban J connectivity index is 2.09. The van der Waals surface area contributed by atoms with Gasteiger partial charge in [0.1, 0.15) is 13.1 Å². The van der Waals surface area contributed by atoms with Crippen molar-refractivity contribution >= 4 is 17.8 Å². The molecule has 0 spiro atoms. The van der Waals surface area contributed by atoms with Crippen LogP contribution in [0.1, 0.15) is 31.4 Å². The monoisotopic (exact) mass is 347 g/mol. The SMILES string of the molecule is COC(=O)CNC(=O)CN(C(=O)[C@@H]1CCCN1)[C@@H](C)c1ccccc1. The second kappa shape index (κ2) is 9.17. The Bertz CT molecular complexity index is 600. The molecule has 1 heterocycles. The number of carbonyl (C=O) groups excluding carboxylic acids is 3. The summed E-state index contributed by atoms with van der Waals surface area (Å²) >= 11 is 0. The van der Waals surface area contributed by atoms with Crippen molar-refractivity contribution in [2.45, 2.75) is 31.8 Å². The molecule has 1 saturated heterocycles. The Hall–Kier alpha value is -2.41. The van der Waals surface area contributed by atoms with Crippen molar-refractivity contribution in [2.75, 3.05) is 26.7 Å². The molecule has 0 saturated carbocycles. The molecule has 7 heteroatoms. The number of nitrogens with one attached hydrogen (secondary N) is 2. The minimum absolute atomic E-state index is 0.0953. The van der Waals surface area contributed by atoms with Crippen LogP contribution < -0.4 is 10.6 Å². The van der Waals surface area contributed by atoms with E-state index >= 15 is 0 Å². The predicted molar refractivity (Wildman–Crippen MR) is 92.6 cm³/mol. The normalized spacial score (nSPS) is 17.6. The van der Waals surface area contributed by atoms with Crippen LogP contribution in [-0.2, 0) is 19.1 Å². The van der Waals surface area contributed by atoms with Crippen molar-refractivity contribution in [3.63, 3.8) is 0 Å². The molecule has 136 valence electrons. The third-order valence-electron chi connectivity index (χ3n) is 4.36. The third kappa shape index (κ3) is 5.29. The molecule has 2 amide bonds. The second-order valence-electron chi connectivity index (χ2n) is 6.05. The van der Waals surface area contributed by atoms with Crippen LogP contribution in [0.5, 0.6) is 0 Å². The summed E-state index contributed by atoms with van der Waals surface area (Å²) in [4.78, 5) is 37.8. The lowest BCUT2D eigenvalue weighted by Crippen LogP contribution is -2.49. The lowest BCUT2D eigenvalue weighted by Gasteiger charge is -2.31. The van der Waals surface area contributed by atoms with Crippen LogP contribution in [0.25, 0.3) is 0 Å². The van der Waals surface area contributed by atoms with Crippen LogP contribution in [0.2, 0.25) is 0 Å². The first-order valence-electron chi connectivity index (χ1n) is 8.45. The highest BCUT2D eigenvalue weighted by molar-refractivity contribution is 5.89. The molecule has 2 rings (SSSR count). The largest absolute Gasteiger partial charge is 0.468 e. The molecule has 0 unspecified atom stereocenters. The van der Waals surface area contributed by atoms with Gasteiger partial charge in [-0.15, -0.1) is 0 Å². The van der Waals surface area contributed by atoms with E-state index in [0.717, 1.165) is 24.9 Å². The molecule has 2 atom stereocenters. The van der Waals surface area contributed by atoms with E-state index in [2.05, 4.69) is 15.4 Å². The topological polar surface area (TPSA) is 87.7 Å². The predicted octanol–water partition coefficient (Wildman–Crippen LogP) is 0.617. The molecule has 0 bridgehead atoms. The number of methoxy groups -OCH3 is 1. The van der Waals surface area contributed by atoms with Crippen molar-refractivity contribution in [1.82, 2.24) is 15.5 Å². The maximum atomic E-state index is 12.9. The van der Waals surface area contributed by atoms with Gasteiger partial charge in [-0.1, -0.05) is 30.3 Å². The Morgan fingerprint density at radius 3 is 2.64 bits per heavy atom. The number of benzene rings is 1. The molecule has 1 aliphatic heterocycles. The molecule has 2 N–H and O–H groups in total. The molecule has 7 nitrogen and oxygen atoms in total. The number of carbonyl (C=O) groups is 3. The third-order valence-corrected chi connectivity index (χ3v) is 4.36. The van der Waals surface area contributed by atoms with Crippen LogP contribution in [-0.4, -0.2) is 55.5 Å². The molecule has 0 radical (unpaired) electrons. The van der Waals surface area contributed by atoms with E-state index in [0.29, 0.717) is 0 Å². The van der Waals surface area contributed by atoms with E-state index in [4.69, 9.17) is 0 Å². The summed E-state index contributed by atoms with van der Waals surface area (Å²) < 4.78 is 4.51. The molecule has 0 aromatic heterocycles. The number of esters is 1. The van der Waals surface area contributed by atoms with Crippen LogP contribution in [0.15, 0.2) is 30.3 Å². The van der Waals surface area contributed by atoms with Crippen molar-refractivity contribution in [3.05, 3.63) is 35.9 Å². The maximum absolute atomic E-state index is 12.9. The van der Waals surface area contributed by atoms with E-state index in [-0.39, 0.29) is 37.0 Å². The zero-order valence-electron chi connectivity index (χ0n) is 14.7. The number of rotatable bonds is 7. The number of amides is 2. The van der Waals surface area contributed by atoms with E-state index in [1.807, 2.05) is 37.3 Å². The second-order valence-corrected chi connectivity index (χ2v) is 6.05. The summed E-state index contributed by atoms with van der Waals surface area (Å²) in [6, 6.07) is 9.06. The van der Waals surface area contributed by atoms with Gasteiger partial charge in [0.15, 0.2) is 0 Å². The summed E-state index contributed by atoms with van der Waals surface area (Å²) in [5.41, 5.74) is 0.953.